The summed E-state index contributed by atoms with van der Waals surface area (Å²) < 4.78 is 15.3. The number of amides is 1. The Morgan fingerprint density at radius 3 is 2.52 bits per heavy atom. The molecule has 1 heterocycles. The Kier molecular flexibility index (Phi) is 5.75. The number of anilines is 1. The Morgan fingerprint density at radius 2 is 1.89 bits per heavy atom. The van der Waals surface area contributed by atoms with Crippen molar-refractivity contribution in [2.24, 2.45) is 0 Å². The first-order valence-electron chi connectivity index (χ1n) is 9.36. The van der Waals surface area contributed by atoms with Crippen molar-refractivity contribution in [2.45, 2.75) is 52.0 Å². The van der Waals surface area contributed by atoms with E-state index >= 15 is 0 Å². The fourth-order valence-corrected chi connectivity index (χ4v) is 3.89. The van der Waals surface area contributed by atoms with Crippen molar-refractivity contribution in [3.05, 3.63) is 58.7 Å². The van der Waals surface area contributed by atoms with Crippen LogP contribution in [0.1, 0.15) is 55.1 Å². The zero-order chi connectivity index (χ0) is 19.4. The van der Waals surface area contributed by atoms with Crippen LogP contribution in [0.2, 0.25) is 0 Å². The van der Waals surface area contributed by atoms with Gasteiger partial charge in [0.1, 0.15) is 17.5 Å². The average molecular weight is 365 g/mol. The topological polar surface area (TPSA) is 57.8 Å². The molecule has 140 valence electrons. The molecule has 0 spiro atoms. The molecular weight excluding hydrogens is 341 g/mol. The van der Waals surface area contributed by atoms with E-state index in [4.69, 9.17) is 0 Å². The van der Waals surface area contributed by atoms with Gasteiger partial charge in [0.2, 0.25) is 0 Å². The van der Waals surface area contributed by atoms with Crippen LogP contribution in [-0.4, -0.2) is 10.5 Å². The second-order valence-corrected chi connectivity index (χ2v) is 7.12. The molecule has 1 saturated carbocycles. The summed E-state index contributed by atoms with van der Waals surface area (Å²) >= 11 is 0. The van der Waals surface area contributed by atoms with E-state index in [0.717, 1.165) is 17.0 Å². The molecule has 27 heavy (non-hydrogen) atoms. The van der Waals surface area contributed by atoms with Gasteiger partial charge in [-0.2, -0.15) is 5.26 Å². The quantitative estimate of drug-likeness (QED) is 0.591. The number of rotatable bonds is 4. The standard InChI is InChI=1S/C22H24FN3O/c1-15-12-17(16(2)26(15)21-6-4-3-5-7-21)13-18(14-24)22(27)25-20-10-8-19(23)9-11-20/h8-13,21H,3-7H2,1-2H3,(H,25,27)/b18-13+. The second-order valence-electron chi connectivity index (χ2n) is 7.12. The molecule has 1 aliphatic carbocycles. The molecule has 0 saturated heterocycles. The summed E-state index contributed by atoms with van der Waals surface area (Å²) in [4.78, 5) is 12.4. The van der Waals surface area contributed by atoms with Crippen LogP contribution in [0.4, 0.5) is 10.1 Å². The molecule has 3 rings (SSSR count). The first-order valence-corrected chi connectivity index (χ1v) is 9.36. The molecular formula is C22H24FN3O. The lowest BCUT2D eigenvalue weighted by molar-refractivity contribution is -0.112. The van der Waals surface area contributed by atoms with Gasteiger partial charge in [0.25, 0.3) is 5.91 Å². The van der Waals surface area contributed by atoms with Gasteiger partial charge in [-0.1, -0.05) is 19.3 Å². The van der Waals surface area contributed by atoms with Crippen LogP contribution < -0.4 is 5.32 Å². The minimum absolute atomic E-state index is 0.0308. The Balaban J connectivity index is 1.84. The molecule has 1 fully saturated rings. The summed E-state index contributed by atoms with van der Waals surface area (Å²) in [5, 5.41) is 12.1. The Hall–Kier alpha value is -2.87. The predicted octanol–water partition coefficient (Wildman–Crippen LogP) is 5.29. The molecule has 1 aromatic heterocycles. The number of hydrogen-bond acceptors (Lipinski definition) is 2. The lowest BCUT2D eigenvalue weighted by Gasteiger charge is -2.26. The molecule has 0 unspecified atom stereocenters. The molecule has 2 aromatic rings. The highest BCUT2D eigenvalue weighted by Crippen LogP contribution is 2.32. The minimum Gasteiger partial charge on any atom is -0.346 e. The SMILES string of the molecule is Cc1cc(/C=C(\C#N)C(=O)Nc2ccc(F)cc2)c(C)n1C1CCCCC1. The summed E-state index contributed by atoms with van der Waals surface area (Å²) in [7, 11) is 0. The zero-order valence-corrected chi connectivity index (χ0v) is 15.8. The van der Waals surface area contributed by atoms with Gasteiger partial charge >= 0.3 is 0 Å². The van der Waals surface area contributed by atoms with E-state index in [0.29, 0.717) is 11.7 Å². The van der Waals surface area contributed by atoms with E-state index in [9.17, 15) is 14.4 Å². The Morgan fingerprint density at radius 1 is 1.22 bits per heavy atom. The molecule has 1 amide bonds. The molecule has 0 radical (unpaired) electrons. The van der Waals surface area contributed by atoms with Gasteiger partial charge in [-0.05, 0) is 68.7 Å². The summed E-state index contributed by atoms with van der Waals surface area (Å²) in [5.41, 5.74) is 3.62. The molecule has 1 aliphatic rings. The maximum atomic E-state index is 13.0. The molecule has 5 heteroatoms. The van der Waals surface area contributed by atoms with Crippen LogP contribution in [0.3, 0.4) is 0 Å². The predicted molar refractivity (Wildman–Crippen MR) is 105 cm³/mol. The number of nitriles is 1. The van der Waals surface area contributed by atoms with E-state index in [-0.39, 0.29) is 11.4 Å². The van der Waals surface area contributed by atoms with Gasteiger partial charge in [-0.25, -0.2) is 4.39 Å². The van der Waals surface area contributed by atoms with Crippen molar-refractivity contribution in [3.8, 4) is 6.07 Å². The zero-order valence-electron chi connectivity index (χ0n) is 15.8. The van der Waals surface area contributed by atoms with E-state index < -0.39 is 5.91 Å². The molecule has 0 bridgehead atoms. The van der Waals surface area contributed by atoms with E-state index in [1.54, 1.807) is 6.08 Å². The molecule has 0 aliphatic heterocycles. The molecule has 0 atom stereocenters. The number of halogens is 1. The summed E-state index contributed by atoms with van der Waals surface area (Å²) in [6, 6.07) is 9.99. The van der Waals surface area contributed by atoms with Crippen molar-refractivity contribution < 1.29 is 9.18 Å². The van der Waals surface area contributed by atoms with Crippen LogP contribution in [0.15, 0.2) is 35.9 Å². The highest BCUT2D eigenvalue weighted by atomic mass is 19.1. The largest absolute Gasteiger partial charge is 0.346 e. The average Bonchev–Trinajstić information content (AvgIpc) is 2.95. The van der Waals surface area contributed by atoms with Crippen molar-refractivity contribution in [3.63, 3.8) is 0 Å². The lowest BCUT2D eigenvalue weighted by atomic mass is 9.95. The smallest absolute Gasteiger partial charge is 0.266 e. The van der Waals surface area contributed by atoms with Gasteiger partial charge in [0.15, 0.2) is 0 Å². The maximum absolute atomic E-state index is 13.0. The maximum Gasteiger partial charge on any atom is 0.266 e. The number of carbonyl (C=O) groups is 1. The number of aryl methyl sites for hydroxylation is 1. The normalized spacial score (nSPS) is 15.4. The summed E-state index contributed by atoms with van der Waals surface area (Å²) in [6.07, 6.45) is 7.78. The minimum atomic E-state index is -0.494. The van der Waals surface area contributed by atoms with Gasteiger partial charge in [-0.15, -0.1) is 0 Å². The number of aromatic nitrogens is 1. The van der Waals surface area contributed by atoms with Crippen LogP contribution in [0.25, 0.3) is 6.08 Å². The third kappa shape index (κ3) is 4.28. The van der Waals surface area contributed by atoms with Crippen molar-refractivity contribution in [2.75, 3.05) is 5.32 Å². The van der Waals surface area contributed by atoms with Gasteiger partial charge < -0.3 is 9.88 Å². The summed E-state index contributed by atoms with van der Waals surface area (Å²) in [6.45, 7) is 4.11. The fourth-order valence-electron chi connectivity index (χ4n) is 3.89. The Labute approximate surface area is 159 Å². The Bertz CT molecular complexity index is 897. The van der Waals surface area contributed by atoms with Gasteiger partial charge in [0, 0.05) is 23.1 Å². The molecule has 1 aromatic carbocycles. The summed E-state index contributed by atoms with van der Waals surface area (Å²) in [5.74, 6) is -0.870. The number of carbonyl (C=O) groups excluding carboxylic acids is 1. The number of nitrogens with one attached hydrogen (secondary N) is 1. The second kappa shape index (κ2) is 8.22. The first-order chi connectivity index (χ1) is 13.0. The number of nitrogens with zero attached hydrogens (tertiary/aromatic N) is 2. The van der Waals surface area contributed by atoms with Crippen LogP contribution in [-0.2, 0) is 4.79 Å². The van der Waals surface area contributed by atoms with Crippen LogP contribution >= 0.6 is 0 Å². The first kappa shape index (κ1) is 18.9. The third-order valence-corrected chi connectivity index (χ3v) is 5.23. The lowest BCUT2D eigenvalue weighted by Crippen LogP contribution is -2.15. The van der Waals surface area contributed by atoms with Gasteiger partial charge in [0.05, 0.1) is 0 Å². The highest BCUT2D eigenvalue weighted by Gasteiger charge is 2.20. The van der Waals surface area contributed by atoms with Crippen molar-refractivity contribution >= 4 is 17.7 Å². The van der Waals surface area contributed by atoms with E-state index in [1.807, 2.05) is 19.1 Å². The van der Waals surface area contributed by atoms with Crippen molar-refractivity contribution in [1.29, 1.82) is 5.26 Å². The monoisotopic (exact) mass is 365 g/mol. The fraction of sp³-hybridized carbons (Fsp3) is 0.364. The molecule has 4 nitrogen and oxygen atoms in total. The van der Waals surface area contributed by atoms with E-state index in [2.05, 4.69) is 16.8 Å². The van der Waals surface area contributed by atoms with Crippen LogP contribution in [0, 0.1) is 31.0 Å². The van der Waals surface area contributed by atoms with Crippen molar-refractivity contribution in [1.82, 2.24) is 4.57 Å². The third-order valence-electron chi connectivity index (χ3n) is 5.23. The van der Waals surface area contributed by atoms with Gasteiger partial charge in [-0.3, -0.25) is 4.79 Å². The highest BCUT2D eigenvalue weighted by molar-refractivity contribution is 6.09. The molecule has 1 N–H and O–H groups in total. The number of hydrogen-bond donors (Lipinski definition) is 1. The van der Waals surface area contributed by atoms with E-state index in [1.165, 1.54) is 56.4 Å². The number of benzene rings is 1. The van der Waals surface area contributed by atoms with Crippen LogP contribution in [0.5, 0.6) is 0 Å².